The maximum atomic E-state index is 12.9. The van der Waals surface area contributed by atoms with Crippen molar-refractivity contribution in [3.8, 4) is 0 Å². The third-order valence-corrected chi connectivity index (χ3v) is 5.16. The Balaban J connectivity index is 1.72. The van der Waals surface area contributed by atoms with Crippen molar-refractivity contribution < 1.29 is 9.53 Å². The molecule has 2 saturated heterocycles. The van der Waals surface area contributed by atoms with Crippen molar-refractivity contribution in [2.24, 2.45) is 0 Å². The van der Waals surface area contributed by atoms with Crippen LogP contribution in [-0.4, -0.2) is 54.2 Å². The molecule has 5 nitrogen and oxygen atoms in total. The fraction of sp³-hybridized carbons (Fsp3) is 0.684. The van der Waals surface area contributed by atoms with Crippen molar-refractivity contribution in [1.29, 1.82) is 0 Å². The van der Waals surface area contributed by atoms with Crippen LogP contribution < -0.4 is 4.90 Å². The van der Waals surface area contributed by atoms with E-state index >= 15 is 0 Å². The Hall–Kier alpha value is -1.62. The number of pyridine rings is 1. The van der Waals surface area contributed by atoms with Gasteiger partial charge in [-0.3, -0.25) is 4.79 Å². The van der Waals surface area contributed by atoms with Crippen LogP contribution in [0.2, 0.25) is 0 Å². The van der Waals surface area contributed by atoms with E-state index in [0.29, 0.717) is 19.2 Å². The highest BCUT2D eigenvalue weighted by Crippen LogP contribution is 2.24. The quantitative estimate of drug-likeness (QED) is 0.850. The van der Waals surface area contributed by atoms with Crippen LogP contribution in [0.3, 0.4) is 0 Å². The Morgan fingerprint density at radius 1 is 1.29 bits per heavy atom. The number of hydrogen-bond donors (Lipinski definition) is 0. The van der Waals surface area contributed by atoms with Gasteiger partial charge in [-0.2, -0.15) is 0 Å². The predicted octanol–water partition coefficient (Wildman–Crippen LogP) is 3.10. The lowest BCUT2D eigenvalue weighted by Crippen LogP contribution is -2.43. The molecular weight excluding hydrogens is 302 g/mol. The molecule has 1 aromatic rings. The Morgan fingerprint density at radius 2 is 2.17 bits per heavy atom. The van der Waals surface area contributed by atoms with Crippen LogP contribution in [0.5, 0.6) is 0 Å². The van der Waals surface area contributed by atoms with E-state index in [1.165, 1.54) is 19.3 Å². The Bertz CT molecular complexity index is 561. The molecule has 0 aromatic carbocycles. The summed E-state index contributed by atoms with van der Waals surface area (Å²) in [6, 6.07) is 4.30. The largest absolute Gasteiger partial charge is 0.377 e. The minimum atomic E-state index is 0.104. The SMILES string of the molecule is CCO[C@H]1CCCN(C(=O)c2ccnc(N3CCCC[C@@H]3C)c2)C1. The van der Waals surface area contributed by atoms with E-state index in [4.69, 9.17) is 4.74 Å². The number of anilines is 1. The molecule has 0 saturated carbocycles. The van der Waals surface area contributed by atoms with Gasteiger partial charge in [0, 0.05) is 44.0 Å². The van der Waals surface area contributed by atoms with Gasteiger partial charge in [-0.25, -0.2) is 4.98 Å². The first-order valence-electron chi connectivity index (χ1n) is 9.32. The summed E-state index contributed by atoms with van der Waals surface area (Å²) in [5.74, 6) is 1.04. The van der Waals surface area contributed by atoms with Crippen LogP contribution in [0, 0.1) is 0 Å². The first-order chi connectivity index (χ1) is 11.7. The number of aromatic nitrogens is 1. The molecule has 3 heterocycles. The van der Waals surface area contributed by atoms with Crippen molar-refractivity contribution >= 4 is 11.7 Å². The summed E-state index contributed by atoms with van der Waals surface area (Å²) in [5, 5.41) is 0. The van der Waals surface area contributed by atoms with E-state index in [1.54, 1.807) is 6.20 Å². The van der Waals surface area contributed by atoms with Gasteiger partial charge in [0.1, 0.15) is 5.82 Å². The molecule has 0 N–H and O–H groups in total. The first-order valence-corrected chi connectivity index (χ1v) is 9.32. The number of rotatable bonds is 4. The smallest absolute Gasteiger partial charge is 0.254 e. The molecule has 2 aliphatic rings. The van der Waals surface area contributed by atoms with Gasteiger partial charge in [0.2, 0.25) is 0 Å². The Kier molecular flexibility index (Phi) is 5.72. The summed E-state index contributed by atoms with van der Waals surface area (Å²) in [6.45, 7) is 7.51. The molecule has 3 rings (SSSR count). The first kappa shape index (κ1) is 17.2. The number of amides is 1. The molecule has 1 amide bonds. The van der Waals surface area contributed by atoms with Crippen LogP contribution >= 0.6 is 0 Å². The lowest BCUT2D eigenvalue weighted by Gasteiger charge is -2.35. The van der Waals surface area contributed by atoms with E-state index < -0.39 is 0 Å². The fourth-order valence-electron chi connectivity index (χ4n) is 3.82. The van der Waals surface area contributed by atoms with E-state index in [2.05, 4.69) is 16.8 Å². The van der Waals surface area contributed by atoms with Crippen molar-refractivity contribution in [1.82, 2.24) is 9.88 Å². The van der Waals surface area contributed by atoms with Gasteiger partial charge >= 0.3 is 0 Å². The molecule has 2 fully saturated rings. The van der Waals surface area contributed by atoms with E-state index in [1.807, 2.05) is 24.0 Å². The summed E-state index contributed by atoms with van der Waals surface area (Å²) >= 11 is 0. The molecule has 0 bridgehead atoms. The van der Waals surface area contributed by atoms with Crippen LogP contribution in [0.4, 0.5) is 5.82 Å². The van der Waals surface area contributed by atoms with Crippen LogP contribution in [0.1, 0.15) is 56.3 Å². The topological polar surface area (TPSA) is 45.7 Å². The fourth-order valence-corrected chi connectivity index (χ4v) is 3.82. The number of piperidine rings is 2. The number of ether oxygens (including phenoxy) is 1. The third kappa shape index (κ3) is 3.89. The van der Waals surface area contributed by atoms with Gasteiger partial charge in [0.15, 0.2) is 0 Å². The molecule has 0 spiro atoms. The standard InChI is InChI=1S/C19H29N3O2/c1-3-24-17-8-6-11-21(14-17)19(23)16-9-10-20-18(13-16)22-12-5-4-7-15(22)2/h9-10,13,15,17H,3-8,11-12,14H2,1-2H3/t15-,17-/m0/s1. The molecule has 1 aromatic heterocycles. The zero-order valence-electron chi connectivity index (χ0n) is 14.9. The van der Waals surface area contributed by atoms with Crippen molar-refractivity contribution in [3.05, 3.63) is 23.9 Å². The Morgan fingerprint density at radius 3 is 2.96 bits per heavy atom. The van der Waals surface area contributed by atoms with E-state index in [-0.39, 0.29) is 12.0 Å². The van der Waals surface area contributed by atoms with Gasteiger partial charge in [-0.05, 0) is 58.1 Å². The number of carbonyl (C=O) groups excluding carboxylic acids is 1. The molecule has 0 aliphatic carbocycles. The van der Waals surface area contributed by atoms with Gasteiger partial charge < -0.3 is 14.5 Å². The molecule has 24 heavy (non-hydrogen) atoms. The van der Waals surface area contributed by atoms with Gasteiger partial charge in [0.25, 0.3) is 5.91 Å². The maximum absolute atomic E-state index is 12.9. The zero-order chi connectivity index (χ0) is 16.9. The minimum Gasteiger partial charge on any atom is -0.377 e. The number of hydrogen-bond acceptors (Lipinski definition) is 4. The van der Waals surface area contributed by atoms with E-state index in [0.717, 1.165) is 37.3 Å². The molecule has 0 unspecified atom stereocenters. The average Bonchev–Trinajstić information content (AvgIpc) is 2.62. The molecule has 5 heteroatoms. The van der Waals surface area contributed by atoms with Gasteiger partial charge in [-0.15, -0.1) is 0 Å². The highest BCUT2D eigenvalue weighted by Gasteiger charge is 2.26. The van der Waals surface area contributed by atoms with Gasteiger partial charge in [0.05, 0.1) is 6.10 Å². The number of likely N-dealkylation sites (tertiary alicyclic amines) is 1. The Labute approximate surface area is 145 Å². The van der Waals surface area contributed by atoms with Crippen LogP contribution in [0.15, 0.2) is 18.3 Å². The summed E-state index contributed by atoms with van der Waals surface area (Å²) in [5.41, 5.74) is 0.745. The summed E-state index contributed by atoms with van der Waals surface area (Å²) in [6.07, 6.45) is 7.68. The van der Waals surface area contributed by atoms with Crippen molar-refractivity contribution in [3.63, 3.8) is 0 Å². The molecule has 132 valence electrons. The zero-order valence-corrected chi connectivity index (χ0v) is 14.9. The second-order valence-corrected chi connectivity index (χ2v) is 6.91. The molecule has 2 atom stereocenters. The highest BCUT2D eigenvalue weighted by molar-refractivity contribution is 5.95. The monoisotopic (exact) mass is 331 g/mol. The van der Waals surface area contributed by atoms with Gasteiger partial charge in [-0.1, -0.05) is 0 Å². The summed E-state index contributed by atoms with van der Waals surface area (Å²) in [4.78, 5) is 21.7. The summed E-state index contributed by atoms with van der Waals surface area (Å²) in [7, 11) is 0. The lowest BCUT2D eigenvalue weighted by molar-refractivity contribution is 0.00724. The van der Waals surface area contributed by atoms with Crippen LogP contribution in [0.25, 0.3) is 0 Å². The highest BCUT2D eigenvalue weighted by atomic mass is 16.5. The van der Waals surface area contributed by atoms with Crippen molar-refractivity contribution in [2.75, 3.05) is 31.1 Å². The molecular formula is C19H29N3O2. The minimum absolute atomic E-state index is 0.104. The normalized spacial score (nSPS) is 24.9. The third-order valence-electron chi connectivity index (χ3n) is 5.16. The van der Waals surface area contributed by atoms with Crippen molar-refractivity contribution in [2.45, 2.75) is 58.1 Å². The summed E-state index contributed by atoms with van der Waals surface area (Å²) < 4.78 is 5.72. The second kappa shape index (κ2) is 7.97. The number of nitrogens with zero attached hydrogens (tertiary/aromatic N) is 3. The molecule has 0 radical (unpaired) electrons. The average molecular weight is 331 g/mol. The molecule has 2 aliphatic heterocycles. The second-order valence-electron chi connectivity index (χ2n) is 6.91. The maximum Gasteiger partial charge on any atom is 0.254 e. The van der Waals surface area contributed by atoms with E-state index in [9.17, 15) is 4.79 Å². The lowest BCUT2D eigenvalue weighted by atomic mass is 10.0. The predicted molar refractivity (Wildman–Crippen MR) is 95.4 cm³/mol. The van der Waals surface area contributed by atoms with Crippen LogP contribution in [-0.2, 0) is 4.74 Å². The number of carbonyl (C=O) groups is 1.